The first-order valence-electron chi connectivity index (χ1n) is 10.2. The molecule has 1 saturated carbocycles. The Hall–Kier alpha value is -3.59. The predicted molar refractivity (Wildman–Crippen MR) is 113 cm³/mol. The normalized spacial score (nSPS) is 15.3. The van der Waals surface area contributed by atoms with Gasteiger partial charge in [0.2, 0.25) is 0 Å². The summed E-state index contributed by atoms with van der Waals surface area (Å²) in [5.74, 6) is 0.943. The van der Waals surface area contributed by atoms with Gasteiger partial charge < -0.3 is 14.6 Å². The van der Waals surface area contributed by atoms with Crippen LogP contribution in [0.4, 0.5) is 5.82 Å². The molecule has 2 amide bonds. The first kappa shape index (κ1) is 19.4. The lowest BCUT2D eigenvalue weighted by atomic mass is 10.1. The fourth-order valence-electron chi connectivity index (χ4n) is 3.76. The van der Waals surface area contributed by atoms with E-state index in [9.17, 15) is 9.59 Å². The van der Waals surface area contributed by atoms with Gasteiger partial charge in [0, 0.05) is 30.8 Å². The number of hydrogen-bond acceptors (Lipinski definition) is 6. The Balaban J connectivity index is 1.38. The van der Waals surface area contributed by atoms with Gasteiger partial charge in [-0.15, -0.1) is 10.2 Å². The van der Waals surface area contributed by atoms with E-state index in [-0.39, 0.29) is 11.8 Å². The molecule has 5 rings (SSSR count). The van der Waals surface area contributed by atoms with Crippen LogP contribution < -0.4 is 10.2 Å². The second-order valence-electron chi connectivity index (χ2n) is 7.69. The van der Waals surface area contributed by atoms with Gasteiger partial charge >= 0.3 is 0 Å². The summed E-state index contributed by atoms with van der Waals surface area (Å²) in [6, 6.07) is 11.1. The quantitative estimate of drug-likeness (QED) is 0.590. The Kier molecular flexibility index (Phi) is 4.95. The monoisotopic (exact) mass is 418 g/mol. The Bertz CT molecular complexity index is 1150. The van der Waals surface area contributed by atoms with Crippen molar-refractivity contribution in [1.29, 1.82) is 0 Å². The lowest BCUT2D eigenvalue weighted by Gasteiger charge is -2.15. The average molecular weight is 418 g/mol. The van der Waals surface area contributed by atoms with E-state index >= 15 is 0 Å². The maximum absolute atomic E-state index is 13.0. The number of ether oxygens (including phenoxy) is 1. The number of methoxy groups -OCH3 is 1. The second-order valence-corrected chi connectivity index (χ2v) is 7.69. The van der Waals surface area contributed by atoms with Gasteiger partial charge in [0.05, 0.1) is 13.2 Å². The topological polar surface area (TPSA) is 102 Å². The van der Waals surface area contributed by atoms with Crippen LogP contribution in [0.2, 0.25) is 0 Å². The first-order chi connectivity index (χ1) is 15.2. The van der Waals surface area contributed by atoms with Gasteiger partial charge in [-0.3, -0.25) is 14.5 Å². The molecule has 158 valence electrons. The number of hydrogen-bond donors (Lipinski definition) is 1. The third-order valence-electron chi connectivity index (χ3n) is 5.52. The van der Waals surface area contributed by atoms with E-state index < -0.39 is 0 Å². The zero-order valence-electron chi connectivity index (χ0n) is 17.1. The maximum atomic E-state index is 13.0. The summed E-state index contributed by atoms with van der Waals surface area (Å²) in [5.41, 5.74) is 2.59. The molecule has 1 aliphatic carbocycles. The highest BCUT2D eigenvalue weighted by Crippen LogP contribution is 2.37. The van der Waals surface area contributed by atoms with Gasteiger partial charge in [0.1, 0.15) is 17.8 Å². The standard InChI is InChI=1S/C22H22N6O3/c1-31-10-9-23-21(29)14-5-8-17-15(11-14)12-27(22(17)30)19-4-2-3-18(25-19)20-26-24-13-28(20)16-6-7-16/h2-5,8,11,13,16H,6-7,9-10,12H2,1H3,(H,23,29). The number of fused-ring (bicyclic) bond motifs is 1. The number of aromatic nitrogens is 4. The van der Waals surface area contributed by atoms with Crippen molar-refractivity contribution in [3.63, 3.8) is 0 Å². The van der Waals surface area contributed by atoms with Crippen LogP contribution in [0.15, 0.2) is 42.7 Å². The Morgan fingerprint density at radius 1 is 1.26 bits per heavy atom. The minimum atomic E-state index is -0.190. The average Bonchev–Trinajstić information content (AvgIpc) is 3.42. The molecule has 2 aromatic heterocycles. The molecular formula is C22H22N6O3. The first-order valence-corrected chi connectivity index (χ1v) is 10.2. The van der Waals surface area contributed by atoms with Gasteiger partial charge in [-0.25, -0.2) is 4.98 Å². The molecule has 9 heteroatoms. The summed E-state index contributed by atoms with van der Waals surface area (Å²) in [4.78, 5) is 31.7. The van der Waals surface area contributed by atoms with Crippen LogP contribution in [0.1, 0.15) is 45.2 Å². The molecule has 3 aromatic rings. The molecule has 1 fully saturated rings. The van der Waals surface area contributed by atoms with Gasteiger partial charge in [-0.2, -0.15) is 0 Å². The van der Waals surface area contributed by atoms with Crippen molar-refractivity contribution in [3.8, 4) is 11.5 Å². The van der Waals surface area contributed by atoms with Crippen LogP contribution in [0.3, 0.4) is 0 Å². The zero-order valence-corrected chi connectivity index (χ0v) is 17.1. The molecule has 0 spiro atoms. The van der Waals surface area contributed by atoms with Crippen molar-refractivity contribution >= 4 is 17.6 Å². The van der Waals surface area contributed by atoms with Crippen LogP contribution in [0.25, 0.3) is 11.5 Å². The minimum Gasteiger partial charge on any atom is -0.383 e. The summed E-state index contributed by atoms with van der Waals surface area (Å²) in [6.45, 7) is 1.23. The van der Waals surface area contributed by atoms with E-state index in [0.29, 0.717) is 54.2 Å². The number of pyridine rings is 1. The van der Waals surface area contributed by atoms with Crippen molar-refractivity contribution in [2.75, 3.05) is 25.2 Å². The smallest absolute Gasteiger partial charge is 0.260 e. The summed E-state index contributed by atoms with van der Waals surface area (Å²) < 4.78 is 7.00. The van der Waals surface area contributed by atoms with Crippen LogP contribution in [-0.2, 0) is 11.3 Å². The van der Waals surface area contributed by atoms with Crippen LogP contribution >= 0.6 is 0 Å². The van der Waals surface area contributed by atoms with Crippen LogP contribution in [-0.4, -0.2) is 51.8 Å². The summed E-state index contributed by atoms with van der Waals surface area (Å²) in [6.07, 6.45) is 3.97. The van der Waals surface area contributed by atoms with E-state index in [0.717, 1.165) is 18.4 Å². The van der Waals surface area contributed by atoms with Gasteiger partial charge in [-0.05, 0) is 48.7 Å². The molecule has 9 nitrogen and oxygen atoms in total. The van der Waals surface area contributed by atoms with Crippen molar-refractivity contribution < 1.29 is 14.3 Å². The summed E-state index contributed by atoms with van der Waals surface area (Å²) in [5, 5.41) is 11.1. The second kappa shape index (κ2) is 7.92. The number of carbonyl (C=O) groups is 2. The van der Waals surface area contributed by atoms with E-state index in [2.05, 4.69) is 15.5 Å². The Morgan fingerprint density at radius 3 is 2.94 bits per heavy atom. The molecule has 1 aromatic carbocycles. The molecule has 1 N–H and O–H groups in total. The molecule has 0 atom stereocenters. The molecule has 0 radical (unpaired) electrons. The Morgan fingerprint density at radius 2 is 2.13 bits per heavy atom. The highest BCUT2D eigenvalue weighted by atomic mass is 16.5. The number of rotatable bonds is 7. The molecule has 0 bridgehead atoms. The molecule has 2 aliphatic rings. The molecular weight excluding hydrogens is 396 g/mol. The number of amides is 2. The minimum absolute atomic E-state index is 0.130. The Labute approximate surface area is 179 Å². The van der Waals surface area contributed by atoms with Gasteiger partial charge in [0.25, 0.3) is 11.8 Å². The molecule has 0 unspecified atom stereocenters. The fourth-order valence-corrected chi connectivity index (χ4v) is 3.76. The van der Waals surface area contributed by atoms with Crippen molar-refractivity contribution in [1.82, 2.24) is 25.1 Å². The number of anilines is 1. The number of nitrogens with zero attached hydrogens (tertiary/aromatic N) is 5. The van der Waals surface area contributed by atoms with Gasteiger partial charge in [-0.1, -0.05) is 6.07 Å². The highest BCUT2D eigenvalue weighted by Gasteiger charge is 2.31. The molecule has 31 heavy (non-hydrogen) atoms. The number of nitrogens with one attached hydrogen (secondary N) is 1. The third-order valence-corrected chi connectivity index (χ3v) is 5.52. The van der Waals surface area contributed by atoms with Crippen molar-refractivity contribution in [2.24, 2.45) is 0 Å². The van der Waals surface area contributed by atoms with E-state index in [1.165, 1.54) is 0 Å². The maximum Gasteiger partial charge on any atom is 0.260 e. The van der Waals surface area contributed by atoms with E-state index in [1.807, 2.05) is 22.8 Å². The third kappa shape index (κ3) is 3.68. The van der Waals surface area contributed by atoms with Crippen molar-refractivity contribution in [3.05, 3.63) is 59.4 Å². The largest absolute Gasteiger partial charge is 0.383 e. The van der Waals surface area contributed by atoms with Crippen LogP contribution in [0, 0.1) is 0 Å². The zero-order chi connectivity index (χ0) is 21.4. The number of benzene rings is 1. The summed E-state index contributed by atoms with van der Waals surface area (Å²) >= 11 is 0. The lowest BCUT2D eigenvalue weighted by molar-refractivity contribution is 0.0935. The lowest BCUT2D eigenvalue weighted by Crippen LogP contribution is -2.27. The highest BCUT2D eigenvalue weighted by molar-refractivity contribution is 6.10. The predicted octanol–water partition coefficient (Wildman–Crippen LogP) is 2.21. The van der Waals surface area contributed by atoms with Crippen LogP contribution in [0.5, 0.6) is 0 Å². The van der Waals surface area contributed by atoms with Crippen molar-refractivity contribution in [2.45, 2.75) is 25.4 Å². The van der Waals surface area contributed by atoms with Gasteiger partial charge in [0.15, 0.2) is 5.82 Å². The van der Waals surface area contributed by atoms with E-state index in [1.54, 1.807) is 36.5 Å². The van der Waals surface area contributed by atoms with E-state index in [4.69, 9.17) is 9.72 Å². The SMILES string of the molecule is COCCNC(=O)c1ccc2c(c1)CN(c1cccc(-c3nncn3C3CC3)n1)C2=O. The molecule has 1 aliphatic heterocycles. The fraction of sp³-hybridized carbons (Fsp3) is 0.318. The summed E-state index contributed by atoms with van der Waals surface area (Å²) in [7, 11) is 1.58. The number of carbonyl (C=O) groups excluding carboxylic acids is 2. The molecule has 0 saturated heterocycles. The molecule has 3 heterocycles.